The first-order chi connectivity index (χ1) is 7.88. The third-order valence-electron chi connectivity index (χ3n) is 2.87. The van der Waals surface area contributed by atoms with Crippen molar-refractivity contribution in [3.05, 3.63) is 17.5 Å². The minimum atomic E-state index is 1.06. The Hall–Kier alpha value is -0.990. The Morgan fingerprint density at radius 1 is 0.938 bits per heavy atom. The van der Waals surface area contributed by atoms with Gasteiger partial charge >= 0.3 is 0 Å². The fourth-order valence-corrected chi connectivity index (χ4v) is 1.84. The molecule has 0 amide bonds. The van der Waals surface area contributed by atoms with Crippen LogP contribution in [-0.4, -0.2) is 15.4 Å². The molecule has 0 atom stereocenters. The molecule has 1 rings (SSSR count). The van der Waals surface area contributed by atoms with Crippen LogP contribution in [0, 0.1) is 0 Å². The third-order valence-corrected chi connectivity index (χ3v) is 2.87. The van der Waals surface area contributed by atoms with Crippen LogP contribution in [0.2, 0.25) is 0 Å². The van der Waals surface area contributed by atoms with Crippen LogP contribution in [0.3, 0.4) is 0 Å². The van der Waals surface area contributed by atoms with Crippen LogP contribution in [0.4, 0.5) is 0 Å². The lowest BCUT2D eigenvalue weighted by Crippen LogP contribution is -2.02. The minimum absolute atomic E-state index is 1.06. The van der Waals surface area contributed by atoms with E-state index >= 15 is 0 Å². The summed E-state index contributed by atoms with van der Waals surface area (Å²) in [7, 11) is 0. The summed E-state index contributed by atoms with van der Waals surface area (Å²) in [4.78, 5) is 0. The van der Waals surface area contributed by atoms with E-state index in [1.807, 2.05) is 6.20 Å². The molecule has 1 aromatic rings. The van der Waals surface area contributed by atoms with Crippen LogP contribution in [-0.2, 0) is 12.8 Å². The summed E-state index contributed by atoms with van der Waals surface area (Å²) < 4.78 is 0. The van der Waals surface area contributed by atoms with E-state index in [1.165, 1.54) is 49.8 Å². The van der Waals surface area contributed by atoms with Crippen molar-refractivity contribution in [2.75, 3.05) is 0 Å². The molecule has 0 bridgehead atoms. The van der Waals surface area contributed by atoms with Gasteiger partial charge in [-0.3, -0.25) is 0 Å². The fraction of sp³-hybridized carbons (Fsp3) is 0.769. The van der Waals surface area contributed by atoms with E-state index in [1.54, 1.807) is 0 Å². The van der Waals surface area contributed by atoms with Crippen molar-refractivity contribution in [2.45, 2.75) is 65.2 Å². The molecule has 0 aromatic carbocycles. The standard InChI is InChI=1S/C13H23N3/c1-3-5-7-9-12-11-14-16-15-13(12)10-8-6-4-2/h11H,3-10H2,1-2H3. The van der Waals surface area contributed by atoms with E-state index < -0.39 is 0 Å². The third kappa shape index (κ3) is 4.69. The molecule has 90 valence electrons. The highest BCUT2D eigenvalue weighted by molar-refractivity contribution is 5.14. The lowest BCUT2D eigenvalue weighted by Gasteiger charge is -2.05. The van der Waals surface area contributed by atoms with Gasteiger partial charge < -0.3 is 0 Å². The summed E-state index contributed by atoms with van der Waals surface area (Å²) in [6, 6.07) is 0. The van der Waals surface area contributed by atoms with Crippen molar-refractivity contribution >= 4 is 0 Å². The molecule has 0 N–H and O–H groups in total. The van der Waals surface area contributed by atoms with Crippen LogP contribution >= 0.6 is 0 Å². The highest BCUT2D eigenvalue weighted by atomic mass is 15.3. The van der Waals surface area contributed by atoms with E-state index in [0.717, 1.165) is 12.8 Å². The van der Waals surface area contributed by atoms with E-state index in [4.69, 9.17) is 0 Å². The largest absolute Gasteiger partial charge is 0.138 e. The Balaban J connectivity index is 2.46. The number of aromatic nitrogens is 3. The SMILES string of the molecule is CCCCCc1cnnnc1CCCCC. The Bertz CT molecular complexity index is 257. The van der Waals surface area contributed by atoms with Crippen LogP contribution < -0.4 is 0 Å². The summed E-state index contributed by atoms with van der Waals surface area (Å²) in [5.74, 6) is 0. The average Bonchev–Trinajstić information content (AvgIpc) is 2.32. The second kappa shape index (κ2) is 8.20. The zero-order chi connectivity index (χ0) is 11.6. The monoisotopic (exact) mass is 221 g/mol. The second-order valence-electron chi connectivity index (χ2n) is 4.32. The van der Waals surface area contributed by atoms with Crippen molar-refractivity contribution in [3.8, 4) is 0 Å². The first-order valence-electron chi connectivity index (χ1n) is 6.54. The van der Waals surface area contributed by atoms with Crippen LogP contribution in [0.15, 0.2) is 6.20 Å². The maximum Gasteiger partial charge on any atom is 0.0696 e. The van der Waals surface area contributed by atoms with Gasteiger partial charge in [0.2, 0.25) is 0 Å². The van der Waals surface area contributed by atoms with Gasteiger partial charge in [0, 0.05) is 0 Å². The molecular formula is C13H23N3. The molecule has 0 fully saturated rings. The molecule has 0 spiro atoms. The summed E-state index contributed by atoms with van der Waals surface area (Å²) in [5.41, 5.74) is 2.47. The van der Waals surface area contributed by atoms with Gasteiger partial charge in [-0.1, -0.05) is 39.5 Å². The second-order valence-corrected chi connectivity index (χ2v) is 4.32. The summed E-state index contributed by atoms with van der Waals surface area (Å²) in [5, 5.41) is 11.8. The van der Waals surface area contributed by atoms with Gasteiger partial charge in [0.05, 0.1) is 11.9 Å². The van der Waals surface area contributed by atoms with Crippen molar-refractivity contribution in [1.82, 2.24) is 15.4 Å². The number of rotatable bonds is 8. The first kappa shape index (κ1) is 13.1. The van der Waals surface area contributed by atoms with Crippen molar-refractivity contribution in [2.24, 2.45) is 0 Å². The molecule has 0 radical (unpaired) electrons. The molecule has 0 aliphatic rings. The fourth-order valence-electron chi connectivity index (χ4n) is 1.84. The van der Waals surface area contributed by atoms with Crippen LogP contribution in [0.1, 0.15) is 63.6 Å². The maximum atomic E-state index is 4.17. The van der Waals surface area contributed by atoms with E-state index in [0.29, 0.717) is 0 Å². The molecule has 16 heavy (non-hydrogen) atoms. The molecule has 0 aliphatic heterocycles. The molecule has 1 aromatic heterocycles. The molecule has 0 saturated carbocycles. The summed E-state index contributed by atoms with van der Waals surface area (Å²) >= 11 is 0. The molecular weight excluding hydrogens is 198 g/mol. The normalized spacial score (nSPS) is 10.6. The van der Waals surface area contributed by atoms with Crippen molar-refractivity contribution < 1.29 is 0 Å². The van der Waals surface area contributed by atoms with E-state index in [-0.39, 0.29) is 0 Å². The topological polar surface area (TPSA) is 38.7 Å². The van der Waals surface area contributed by atoms with Gasteiger partial charge in [-0.25, -0.2) is 0 Å². The van der Waals surface area contributed by atoms with Gasteiger partial charge in [-0.15, -0.1) is 10.2 Å². The minimum Gasteiger partial charge on any atom is -0.138 e. The number of hydrogen-bond acceptors (Lipinski definition) is 3. The Morgan fingerprint density at radius 3 is 2.31 bits per heavy atom. The molecule has 3 heteroatoms. The average molecular weight is 221 g/mol. The number of nitrogens with zero attached hydrogens (tertiary/aromatic N) is 3. The quantitative estimate of drug-likeness (QED) is 0.632. The molecule has 0 saturated heterocycles. The van der Waals surface area contributed by atoms with Crippen LogP contribution in [0.5, 0.6) is 0 Å². The molecule has 0 aliphatic carbocycles. The van der Waals surface area contributed by atoms with Crippen molar-refractivity contribution in [1.29, 1.82) is 0 Å². The van der Waals surface area contributed by atoms with Gasteiger partial charge in [0.1, 0.15) is 0 Å². The summed E-state index contributed by atoms with van der Waals surface area (Å²) in [6.07, 6.45) is 11.6. The lowest BCUT2D eigenvalue weighted by atomic mass is 10.0. The van der Waals surface area contributed by atoms with E-state index in [2.05, 4.69) is 29.3 Å². The van der Waals surface area contributed by atoms with Crippen molar-refractivity contribution in [3.63, 3.8) is 0 Å². The molecule has 3 nitrogen and oxygen atoms in total. The molecule has 0 unspecified atom stereocenters. The zero-order valence-electron chi connectivity index (χ0n) is 10.6. The predicted molar refractivity (Wildman–Crippen MR) is 66.3 cm³/mol. The summed E-state index contributed by atoms with van der Waals surface area (Å²) in [6.45, 7) is 4.45. The van der Waals surface area contributed by atoms with Gasteiger partial charge in [0.25, 0.3) is 0 Å². The highest BCUT2D eigenvalue weighted by Crippen LogP contribution is 2.11. The molecule has 1 heterocycles. The van der Waals surface area contributed by atoms with Gasteiger partial charge in [-0.2, -0.15) is 0 Å². The maximum absolute atomic E-state index is 4.17. The number of hydrogen-bond donors (Lipinski definition) is 0. The smallest absolute Gasteiger partial charge is 0.0696 e. The van der Waals surface area contributed by atoms with E-state index in [9.17, 15) is 0 Å². The Morgan fingerprint density at radius 2 is 1.62 bits per heavy atom. The number of aryl methyl sites for hydroxylation is 2. The van der Waals surface area contributed by atoms with Gasteiger partial charge in [-0.05, 0) is 36.5 Å². The van der Waals surface area contributed by atoms with Gasteiger partial charge in [0.15, 0.2) is 0 Å². The Kier molecular flexibility index (Phi) is 6.70. The highest BCUT2D eigenvalue weighted by Gasteiger charge is 2.04. The number of unbranched alkanes of at least 4 members (excludes halogenated alkanes) is 4. The zero-order valence-corrected chi connectivity index (χ0v) is 10.6. The predicted octanol–water partition coefficient (Wildman–Crippen LogP) is 3.34. The Labute approximate surface area is 98.7 Å². The van der Waals surface area contributed by atoms with Crippen LogP contribution in [0.25, 0.3) is 0 Å². The lowest BCUT2D eigenvalue weighted by molar-refractivity contribution is 0.660. The first-order valence-corrected chi connectivity index (χ1v) is 6.54.